The molecule has 3 aromatic rings. The molecule has 148 valence electrons. The Morgan fingerprint density at radius 3 is 2.45 bits per heavy atom. The highest BCUT2D eigenvalue weighted by Crippen LogP contribution is 2.23. The molecule has 0 aromatic heterocycles. The second-order valence-corrected chi connectivity index (χ2v) is 6.31. The van der Waals surface area contributed by atoms with Crippen molar-refractivity contribution in [2.45, 2.75) is 13.0 Å². The lowest BCUT2D eigenvalue weighted by molar-refractivity contribution is -0.152. The van der Waals surface area contributed by atoms with Crippen molar-refractivity contribution < 1.29 is 23.5 Å². The van der Waals surface area contributed by atoms with E-state index in [1.807, 2.05) is 36.4 Å². The van der Waals surface area contributed by atoms with E-state index in [9.17, 15) is 18.8 Å². The van der Waals surface area contributed by atoms with Gasteiger partial charge in [-0.2, -0.15) is 0 Å². The summed E-state index contributed by atoms with van der Waals surface area (Å²) in [5.74, 6) is -2.75. The molecular formula is C22H19FN2O4. The number of anilines is 1. The third-order valence-corrected chi connectivity index (χ3v) is 4.24. The van der Waals surface area contributed by atoms with E-state index in [1.165, 1.54) is 25.1 Å². The van der Waals surface area contributed by atoms with E-state index < -0.39 is 36.2 Å². The van der Waals surface area contributed by atoms with E-state index in [-0.39, 0.29) is 5.56 Å². The summed E-state index contributed by atoms with van der Waals surface area (Å²) in [4.78, 5) is 36.2. The van der Waals surface area contributed by atoms with Gasteiger partial charge in [0, 0.05) is 11.1 Å². The number of ether oxygens (including phenoxy) is 1. The summed E-state index contributed by atoms with van der Waals surface area (Å²) in [6, 6.07) is 18.5. The Morgan fingerprint density at radius 2 is 1.66 bits per heavy atom. The maximum Gasteiger partial charge on any atom is 0.326 e. The van der Waals surface area contributed by atoms with Gasteiger partial charge in [0.1, 0.15) is 12.4 Å². The molecule has 0 aliphatic rings. The molecule has 0 unspecified atom stereocenters. The predicted molar refractivity (Wildman–Crippen MR) is 107 cm³/mol. The van der Waals surface area contributed by atoms with Crippen LogP contribution in [0.3, 0.4) is 0 Å². The van der Waals surface area contributed by atoms with E-state index in [1.54, 1.807) is 6.07 Å². The Labute approximate surface area is 166 Å². The van der Waals surface area contributed by atoms with Gasteiger partial charge in [-0.3, -0.25) is 14.4 Å². The van der Waals surface area contributed by atoms with Crippen LogP contribution in [0.1, 0.15) is 17.3 Å². The Bertz CT molecular complexity index is 1060. The number of halogens is 1. The maximum atomic E-state index is 13.6. The van der Waals surface area contributed by atoms with Crippen LogP contribution in [-0.2, 0) is 14.3 Å². The molecule has 1 atom stereocenters. The van der Waals surface area contributed by atoms with Crippen molar-refractivity contribution in [3.05, 3.63) is 78.1 Å². The zero-order chi connectivity index (χ0) is 20.8. The van der Waals surface area contributed by atoms with Crippen molar-refractivity contribution in [2.75, 3.05) is 11.9 Å². The first-order valence-corrected chi connectivity index (χ1v) is 8.96. The number of hydrogen-bond donors (Lipinski definition) is 2. The lowest BCUT2D eigenvalue weighted by Crippen LogP contribution is -2.36. The average Bonchev–Trinajstić information content (AvgIpc) is 2.72. The molecule has 2 N–H and O–H groups in total. The molecule has 0 heterocycles. The van der Waals surface area contributed by atoms with Crippen LogP contribution in [0, 0.1) is 5.82 Å². The van der Waals surface area contributed by atoms with E-state index in [4.69, 9.17) is 4.74 Å². The van der Waals surface area contributed by atoms with Gasteiger partial charge in [-0.05, 0) is 30.5 Å². The summed E-state index contributed by atoms with van der Waals surface area (Å²) >= 11 is 0. The third kappa shape index (κ3) is 4.95. The van der Waals surface area contributed by atoms with Crippen LogP contribution in [0.5, 0.6) is 0 Å². The molecule has 0 radical (unpaired) electrons. The summed E-state index contributed by atoms with van der Waals surface area (Å²) < 4.78 is 18.6. The van der Waals surface area contributed by atoms with Gasteiger partial charge in [0.05, 0.1) is 5.56 Å². The topological polar surface area (TPSA) is 84.5 Å². The van der Waals surface area contributed by atoms with Crippen LogP contribution in [0.25, 0.3) is 10.8 Å². The molecular weight excluding hydrogens is 375 g/mol. The lowest BCUT2D eigenvalue weighted by Gasteiger charge is -2.15. The van der Waals surface area contributed by atoms with Crippen LogP contribution in [-0.4, -0.2) is 30.4 Å². The number of esters is 1. The normalized spacial score (nSPS) is 11.5. The van der Waals surface area contributed by atoms with Gasteiger partial charge in [0.2, 0.25) is 0 Å². The summed E-state index contributed by atoms with van der Waals surface area (Å²) in [6.07, 6.45) is -1.08. The van der Waals surface area contributed by atoms with Crippen molar-refractivity contribution in [3.63, 3.8) is 0 Å². The first kappa shape index (κ1) is 20.0. The summed E-state index contributed by atoms with van der Waals surface area (Å²) in [7, 11) is 0. The SMILES string of the molecule is C[C@@H](OC(=O)CNC(=O)c1ccccc1F)C(=O)Nc1cccc2ccccc12. The minimum atomic E-state index is -1.08. The Morgan fingerprint density at radius 1 is 0.966 bits per heavy atom. The minimum Gasteiger partial charge on any atom is -0.451 e. The fourth-order valence-corrected chi connectivity index (χ4v) is 2.75. The van der Waals surface area contributed by atoms with E-state index in [0.29, 0.717) is 5.69 Å². The molecule has 0 aliphatic carbocycles. The highest BCUT2D eigenvalue weighted by Gasteiger charge is 2.19. The Kier molecular flexibility index (Phi) is 6.19. The summed E-state index contributed by atoms with van der Waals surface area (Å²) in [5, 5.41) is 6.83. The van der Waals surface area contributed by atoms with Crippen LogP contribution in [0.4, 0.5) is 10.1 Å². The van der Waals surface area contributed by atoms with Crippen molar-refractivity contribution in [2.24, 2.45) is 0 Å². The molecule has 0 aliphatic heterocycles. The summed E-state index contributed by atoms with van der Waals surface area (Å²) in [6.45, 7) is 0.941. The molecule has 7 heteroatoms. The van der Waals surface area contributed by atoms with Crippen LogP contribution >= 0.6 is 0 Å². The van der Waals surface area contributed by atoms with Gasteiger partial charge < -0.3 is 15.4 Å². The first-order chi connectivity index (χ1) is 14.0. The van der Waals surface area contributed by atoms with E-state index in [2.05, 4.69) is 10.6 Å². The second-order valence-electron chi connectivity index (χ2n) is 6.31. The molecule has 0 spiro atoms. The zero-order valence-corrected chi connectivity index (χ0v) is 15.6. The number of nitrogens with one attached hydrogen (secondary N) is 2. The molecule has 3 aromatic carbocycles. The number of carbonyl (C=O) groups is 3. The van der Waals surface area contributed by atoms with Crippen molar-refractivity contribution in [3.8, 4) is 0 Å². The van der Waals surface area contributed by atoms with Gasteiger partial charge in [0.25, 0.3) is 11.8 Å². The van der Waals surface area contributed by atoms with Gasteiger partial charge in [-0.25, -0.2) is 4.39 Å². The monoisotopic (exact) mass is 394 g/mol. The van der Waals surface area contributed by atoms with Gasteiger partial charge in [0.15, 0.2) is 6.10 Å². The molecule has 29 heavy (non-hydrogen) atoms. The van der Waals surface area contributed by atoms with Crippen molar-refractivity contribution in [1.82, 2.24) is 5.32 Å². The van der Waals surface area contributed by atoms with Crippen molar-refractivity contribution >= 4 is 34.2 Å². The van der Waals surface area contributed by atoms with Gasteiger partial charge >= 0.3 is 5.97 Å². The quantitative estimate of drug-likeness (QED) is 0.629. The largest absolute Gasteiger partial charge is 0.451 e. The standard InChI is InChI=1S/C22H19FN2O4/c1-14(21(27)25-19-12-6-8-15-7-2-3-9-16(15)19)29-20(26)13-24-22(28)17-10-4-5-11-18(17)23/h2-12,14H,13H2,1H3,(H,24,28)(H,25,27)/t14-/m1/s1. The zero-order valence-electron chi connectivity index (χ0n) is 15.6. The highest BCUT2D eigenvalue weighted by molar-refractivity contribution is 6.04. The fourth-order valence-electron chi connectivity index (χ4n) is 2.75. The minimum absolute atomic E-state index is 0.179. The number of amides is 2. The third-order valence-electron chi connectivity index (χ3n) is 4.24. The highest BCUT2D eigenvalue weighted by atomic mass is 19.1. The molecule has 0 fully saturated rings. The Hall–Kier alpha value is -3.74. The van der Waals surface area contributed by atoms with Gasteiger partial charge in [-0.1, -0.05) is 48.5 Å². The number of carbonyl (C=O) groups excluding carboxylic acids is 3. The molecule has 0 saturated carbocycles. The van der Waals surface area contributed by atoms with E-state index in [0.717, 1.165) is 16.8 Å². The average molecular weight is 394 g/mol. The Balaban J connectivity index is 1.54. The molecule has 0 bridgehead atoms. The second kappa shape index (κ2) is 8.97. The summed E-state index contributed by atoms with van der Waals surface area (Å²) in [5.41, 5.74) is 0.422. The molecule has 0 saturated heterocycles. The van der Waals surface area contributed by atoms with Crippen LogP contribution in [0.15, 0.2) is 66.7 Å². The number of rotatable bonds is 6. The van der Waals surface area contributed by atoms with Crippen molar-refractivity contribution in [1.29, 1.82) is 0 Å². The number of fused-ring (bicyclic) bond motifs is 1. The number of hydrogen-bond acceptors (Lipinski definition) is 4. The molecule has 2 amide bonds. The van der Waals surface area contributed by atoms with Crippen LogP contribution in [0.2, 0.25) is 0 Å². The number of benzene rings is 3. The fraction of sp³-hybridized carbons (Fsp3) is 0.136. The molecule has 3 rings (SSSR count). The van der Waals surface area contributed by atoms with Crippen LogP contribution < -0.4 is 10.6 Å². The van der Waals surface area contributed by atoms with Gasteiger partial charge in [-0.15, -0.1) is 0 Å². The maximum absolute atomic E-state index is 13.6. The lowest BCUT2D eigenvalue weighted by atomic mass is 10.1. The smallest absolute Gasteiger partial charge is 0.326 e. The first-order valence-electron chi connectivity index (χ1n) is 8.96. The van der Waals surface area contributed by atoms with E-state index >= 15 is 0 Å². The molecule has 6 nitrogen and oxygen atoms in total. The predicted octanol–water partition coefficient (Wildman–Crippen LogP) is 3.28.